The minimum absolute atomic E-state index is 0.326. The van der Waals surface area contributed by atoms with Crippen molar-refractivity contribution in [3.05, 3.63) is 28.6 Å². The standard InChI is InChI=1S/C14H15NO4S/c1-4-19-14(16)13-15-11(8-20-13)10-7-9(17-2)5-6-12(10)18-3/h5-8H,4H2,1-3H3. The van der Waals surface area contributed by atoms with E-state index in [0.29, 0.717) is 28.8 Å². The summed E-state index contributed by atoms with van der Waals surface area (Å²) in [7, 11) is 3.18. The molecule has 6 heteroatoms. The highest BCUT2D eigenvalue weighted by atomic mass is 32.1. The highest BCUT2D eigenvalue weighted by Crippen LogP contribution is 2.34. The van der Waals surface area contributed by atoms with E-state index in [1.54, 1.807) is 38.7 Å². The predicted octanol–water partition coefficient (Wildman–Crippen LogP) is 3.00. The fourth-order valence-corrected chi connectivity index (χ4v) is 2.41. The van der Waals surface area contributed by atoms with Crippen LogP contribution in [0.15, 0.2) is 23.6 Å². The molecule has 20 heavy (non-hydrogen) atoms. The normalized spacial score (nSPS) is 10.2. The molecule has 0 bridgehead atoms. The van der Waals surface area contributed by atoms with E-state index < -0.39 is 5.97 Å². The van der Waals surface area contributed by atoms with Gasteiger partial charge in [0.1, 0.15) is 11.5 Å². The number of aromatic nitrogens is 1. The van der Waals surface area contributed by atoms with Crippen molar-refractivity contribution in [1.82, 2.24) is 4.98 Å². The maximum absolute atomic E-state index is 11.6. The van der Waals surface area contributed by atoms with Gasteiger partial charge in [0.15, 0.2) is 0 Å². The van der Waals surface area contributed by atoms with Crippen LogP contribution < -0.4 is 9.47 Å². The van der Waals surface area contributed by atoms with Gasteiger partial charge in [-0.3, -0.25) is 0 Å². The number of hydrogen-bond acceptors (Lipinski definition) is 6. The average Bonchev–Trinajstić information content (AvgIpc) is 2.96. The van der Waals surface area contributed by atoms with Gasteiger partial charge in [-0.05, 0) is 25.1 Å². The molecule has 2 aromatic rings. The molecule has 0 aliphatic carbocycles. The van der Waals surface area contributed by atoms with E-state index in [0.717, 1.165) is 5.56 Å². The van der Waals surface area contributed by atoms with Gasteiger partial charge in [-0.15, -0.1) is 11.3 Å². The fourth-order valence-electron chi connectivity index (χ4n) is 1.70. The third-order valence-corrected chi connectivity index (χ3v) is 3.46. The van der Waals surface area contributed by atoms with E-state index in [1.807, 2.05) is 6.07 Å². The molecule has 1 heterocycles. The minimum Gasteiger partial charge on any atom is -0.497 e. The maximum atomic E-state index is 11.6. The van der Waals surface area contributed by atoms with Crippen molar-refractivity contribution in [2.75, 3.05) is 20.8 Å². The first-order chi connectivity index (χ1) is 9.69. The zero-order chi connectivity index (χ0) is 14.5. The summed E-state index contributed by atoms with van der Waals surface area (Å²) in [5.74, 6) is 0.962. The lowest BCUT2D eigenvalue weighted by Crippen LogP contribution is -2.03. The fraction of sp³-hybridized carbons (Fsp3) is 0.286. The largest absolute Gasteiger partial charge is 0.497 e. The molecule has 0 N–H and O–H groups in total. The monoisotopic (exact) mass is 293 g/mol. The summed E-state index contributed by atoms with van der Waals surface area (Å²) in [5, 5.41) is 2.12. The van der Waals surface area contributed by atoms with Crippen molar-refractivity contribution in [2.24, 2.45) is 0 Å². The number of carbonyl (C=O) groups is 1. The van der Waals surface area contributed by atoms with Gasteiger partial charge in [-0.2, -0.15) is 0 Å². The average molecular weight is 293 g/mol. The zero-order valence-electron chi connectivity index (χ0n) is 11.5. The van der Waals surface area contributed by atoms with Gasteiger partial charge in [0, 0.05) is 10.9 Å². The van der Waals surface area contributed by atoms with Crippen LogP contribution >= 0.6 is 11.3 Å². The number of rotatable bonds is 5. The lowest BCUT2D eigenvalue weighted by molar-refractivity contribution is 0.0526. The Morgan fingerprint density at radius 3 is 2.75 bits per heavy atom. The van der Waals surface area contributed by atoms with E-state index in [1.165, 1.54) is 11.3 Å². The van der Waals surface area contributed by atoms with Crippen LogP contribution in [0.3, 0.4) is 0 Å². The quantitative estimate of drug-likeness (QED) is 0.793. The third-order valence-electron chi connectivity index (χ3n) is 2.64. The minimum atomic E-state index is -0.411. The van der Waals surface area contributed by atoms with Gasteiger partial charge in [0.05, 0.1) is 26.5 Å². The van der Waals surface area contributed by atoms with E-state index in [4.69, 9.17) is 14.2 Å². The molecule has 0 aliphatic heterocycles. The second kappa shape index (κ2) is 6.38. The number of esters is 1. The Kier molecular flexibility index (Phi) is 4.57. The number of methoxy groups -OCH3 is 2. The summed E-state index contributed by atoms with van der Waals surface area (Å²) in [6.07, 6.45) is 0. The van der Waals surface area contributed by atoms with Crippen LogP contribution in [0.5, 0.6) is 11.5 Å². The highest BCUT2D eigenvalue weighted by molar-refractivity contribution is 7.11. The smallest absolute Gasteiger partial charge is 0.367 e. The molecule has 0 unspecified atom stereocenters. The van der Waals surface area contributed by atoms with Crippen LogP contribution in [0, 0.1) is 0 Å². The van der Waals surface area contributed by atoms with Gasteiger partial charge >= 0.3 is 5.97 Å². The van der Waals surface area contributed by atoms with Crippen LogP contribution in [0.4, 0.5) is 0 Å². The number of thiazole rings is 1. The van der Waals surface area contributed by atoms with E-state index in [9.17, 15) is 4.79 Å². The van der Waals surface area contributed by atoms with Crippen LogP contribution in [0.2, 0.25) is 0 Å². The first-order valence-electron chi connectivity index (χ1n) is 6.04. The molecule has 0 amide bonds. The molecule has 0 spiro atoms. The zero-order valence-corrected chi connectivity index (χ0v) is 12.3. The van der Waals surface area contributed by atoms with Crippen LogP contribution in [-0.4, -0.2) is 31.8 Å². The molecule has 1 aromatic carbocycles. The van der Waals surface area contributed by atoms with E-state index >= 15 is 0 Å². The predicted molar refractivity (Wildman–Crippen MR) is 76.6 cm³/mol. The van der Waals surface area contributed by atoms with E-state index in [2.05, 4.69) is 4.98 Å². The molecule has 0 fully saturated rings. The number of benzene rings is 1. The second-order valence-electron chi connectivity index (χ2n) is 3.82. The molecule has 5 nitrogen and oxygen atoms in total. The van der Waals surface area contributed by atoms with Crippen molar-refractivity contribution in [1.29, 1.82) is 0 Å². The number of nitrogens with zero attached hydrogens (tertiary/aromatic N) is 1. The molecule has 0 radical (unpaired) electrons. The van der Waals surface area contributed by atoms with Gasteiger partial charge in [-0.25, -0.2) is 9.78 Å². The van der Waals surface area contributed by atoms with Gasteiger partial charge in [0.2, 0.25) is 5.01 Å². The summed E-state index contributed by atoms with van der Waals surface area (Å²) in [6, 6.07) is 5.43. The molecule has 1 aromatic heterocycles. The number of hydrogen-bond donors (Lipinski definition) is 0. The first-order valence-corrected chi connectivity index (χ1v) is 6.92. The van der Waals surface area contributed by atoms with Crippen molar-refractivity contribution in [3.8, 4) is 22.8 Å². The summed E-state index contributed by atoms with van der Waals surface area (Å²) in [6.45, 7) is 2.09. The molecule has 0 atom stereocenters. The summed E-state index contributed by atoms with van der Waals surface area (Å²) in [5.41, 5.74) is 1.44. The molecule has 2 rings (SSSR count). The topological polar surface area (TPSA) is 57.7 Å². The maximum Gasteiger partial charge on any atom is 0.367 e. The Morgan fingerprint density at radius 2 is 2.10 bits per heavy atom. The number of carbonyl (C=O) groups excluding carboxylic acids is 1. The van der Waals surface area contributed by atoms with Crippen molar-refractivity contribution >= 4 is 17.3 Å². The molecule has 0 aliphatic rings. The van der Waals surface area contributed by atoms with Crippen LogP contribution in [0.25, 0.3) is 11.3 Å². The van der Waals surface area contributed by atoms with Gasteiger partial charge in [-0.1, -0.05) is 0 Å². The Morgan fingerprint density at radius 1 is 1.30 bits per heavy atom. The lowest BCUT2D eigenvalue weighted by Gasteiger charge is -2.08. The lowest BCUT2D eigenvalue weighted by atomic mass is 10.1. The van der Waals surface area contributed by atoms with Crippen molar-refractivity contribution in [2.45, 2.75) is 6.92 Å². The SMILES string of the molecule is CCOC(=O)c1nc(-c2cc(OC)ccc2OC)cs1. The Bertz CT molecular complexity index is 609. The molecular formula is C14H15NO4S. The van der Waals surface area contributed by atoms with Crippen LogP contribution in [0.1, 0.15) is 16.7 Å². The second-order valence-corrected chi connectivity index (χ2v) is 4.68. The Hall–Kier alpha value is -2.08. The summed E-state index contributed by atoms with van der Waals surface area (Å²) in [4.78, 5) is 15.9. The number of ether oxygens (including phenoxy) is 3. The van der Waals surface area contributed by atoms with E-state index in [-0.39, 0.29) is 0 Å². The highest BCUT2D eigenvalue weighted by Gasteiger charge is 2.16. The Labute approximate surface area is 121 Å². The Balaban J connectivity index is 2.38. The first kappa shape index (κ1) is 14.3. The van der Waals surface area contributed by atoms with Crippen LogP contribution in [-0.2, 0) is 4.74 Å². The molecule has 0 saturated carbocycles. The summed E-state index contributed by atoms with van der Waals surface area (Å²) < 4.78 is 15.4. The molecule has 106 valence electrons. The van der Waals surface area contributed by atoms with Gasteiger partial charge < -0.3 is 14.2 Å². The third kappa shape index (κ3) is 2.91. The van der Waals surface area contributed by atoms with Gasteiger partial charge in [0.25, 0.3) is 0 Å². The summed E-state index contributed by atoms with van der Waals surface area (Å²) >= 11 is 1.24. The molecular weight excluding hydrogens is 278 g/mol. The van der Waals surface area contributed by atoms with Crippen molar-refractivity contribution in [3.63, 3.8) is 0 Å². The molecule has 0 saturated heterocycles. The van der Waals surface area contributed by atoms with Crippen molar-refractivity contribution < 1.29 is 19.0 Å².